The number of carbonyl (C=O) groups is 2. The molecule has 2 amide bonds. The van der Waals surface area contributed by atoms with Gasteiger partial charge in [0.2, 0.25) is 11.8 Å². The molecule has 0 aliphatic carbocycles. The third-order valence-corrected chi connectivity index (χ3v) is 4.76. The normalized spacial score (nSPS) is 15.6. The highest BCUT2D eigenvalue weighted by Crippen LogP contribution is 2.40. The molecule has 170 valence electrons. The maximum atomic E-state index is 13.6. The minimum atomic E-state index is -5.10. The Labute approximate surface area is 172 Å². The van der Waals surface area contributed by atoms with E-state index in [0.29, 0.717) is 12.6 Å². The summed E-state index contributed by atoms with van der Waals surface area (Å²) < 4.78 is 81.6. The number of fused-ring (bicyclic) bond motifs is 1. The fourth-order valence-electron chi connectivity index (χ4n) is 3.33. The topological polar surface area (TPSA) is 79.3 Å². The fraction of sp³-hybridized carbons (Fsp3) is 0.500. The molecule has 0 radical (unpaired) electrons. The van der Waals surface area contributed by atoms with E-state index in [-0.39, 0.29) is 44.0 Å². The van der Waals surface area contributed by atoms with Crippen LogP contribution in [0.5, 0.6) is 0 Å². The van der Waals surface area contributed by atoms with Crippen LogP contribution in [-0.4, -0.2) is 52.4 Å². The van der Waals surface area contributed by atoms with Crippen molar-refractivity contribution in [3.05, 3.63) is 29.1 Å². The van der Waals surface area contributed by atoms with Crippen LogP contribution in [0.4, 0.5) is 26.3 Å². The minimum absolute atomic E-state index is 0.00549. The number of halogens is 6. The molecular formula is C18H19F6N5O2. The molecule has 13 heteroatoms. The lowest BCUT2D eigenvalue weighted by Gasteiger charge is -2.27. The van der Waals surface area contributed by atoms with Crippen LogP contribution in [0.25, 0.3) is 11.0 Å². The highest BCUT2D eigenvalue weighted by atomic mass is 19.4. The number of nitrogens with one attached hydrogen (secondary N) is 2. The number of alkyl halides is 6. The van der Waals surface area contributed by atoms with E-state index in [2.05, 4.69) is 15.6 Å². The Bertz CT molecular complexity index is 998. The van der Waals surface area contributed by atoms with Gasteiger partial charge in [0.15, 0.2) is 0 Å². The van der Waals surface area contributed by atoms with Crippen LogP contribution in [0.15, 0.2) is 12.1 Å². The van der Waals surface area contributed by atoms with Gasteiger partial charge in [-0.25, -0.2) is 4.98 Å². The Morgan fingerprint density at radius 2 is 1.90 bits per heavy atom. The largest absolute Gasteiger partial charge is 0.418 e. The zero-order valence-electron chi connectivity index (χ0n) is 16.3. The molecular weight excluding hydrogens is 432 g/mol. The summed E-state index contributed by atoms with van der Waals surface area (Å²) in [6, 6.07) is 0.547. The van der Waals surface area contributed by atoms with Gasteiger partial charge in [-0.05, 0) is 19.1 Å². The third kappa shape index (κ3) is 4.92. The highest BCUT2D eigenvalue weighted by molar-refractivity contribution is 5.85. The Morgan fingerprint density at radius 1 is 1.19 bits per heavy atom. The van der Waals surface area contributed by atoms with E-state index in [1.165, 1.54) is 4.90 Å². The summed E-state index contributed by atoms with van der Waals surface area (Å²) in [4.78, 5) is 29.5. The number of nitrogens with zero attached hydrogens (tertiary/aromatic N) is 3. The first-order valence-corrected chi connectivity index (χ1v) is 9.34. The van der Waals surface area contributed by atoms with E-state index in [9.17, 15) is 35.9 Å². The molecule has 1 aliphatic heterocycles. The summed E-state index contributed by atoms with van der Waals surface area (Å²) in [5, 5.41) is 5.29. The number of likely N-dealkylation sites (N-methyl/N-ethyl adjacent to an activating group) is 1. The van der Waals surface area contributed by atoms with Crippen molar-refractivity contribution < 1.29 is 35.9 Å². The second-order valence-electron chi connectivity index (χ2n) is 6.95. The second-order valence-corrected chi connectivity index (χ2v) is 6.95. The molecule has 1 fully saturated rings. The zero-order chi connectivity index (χ0) is 23.0. The smallest absolute Gasteiger partial charge is 0.355 e. The number of benzene rings is 1. The number of rotatable bonds is 5. The van der Waals surface area contributed by atoms with Crippen molar-refractivity contribution in [3.63, 3.8) is 0 Å². The highest BCUT2D eigenvalue weighted by Gasteiger charge is 2.40. The molecule has 1 saturated heterocycles. The Hall–Kier alpha value is -2.83. The maximum Gasteiger partial charge on any atom is 0.418 e. The van der Waals surface area contributed by atoms with Crippen LogP contribution in [0.1, 0.15) is 23.9 Å². The van der Waals surface area contributed by atoms with Crippen molar-refractivity contribution in [2.45, 2.75) is 32.4 Å². The average molecular weight is 451 g/mol. The molecule has 3 rings (SSSR count). The zero-order valence-corrected chi connectivity index (χ0v) is 16.3. The van der Waals surface area contributed by atoms with E-state index in [1.807, 2.05) is 0 Å². The Kier molecular flexibility index (Phi) is 6.16. The molecule has 1 aromatic carbocycles. The number of aromatic nitrogens is 2. The first-order valence-electron chi connectivity index (χ1n) is 9.34. The molecule has 2 aromatic rings. The summed E-state index contributed by atoms with van der Waals surface area (Å²) in [6.45, 7) is 1.75. The number of imidazole rings is 1. The Balaban J connectivity index is 2.21. The molecule has 0 atom stereocenters. The van der Waals surface area contributed by atoms with Gasteiger partial charge in [0, 0.05) is 19.6 Å². The molecule has 31 heavy (non-hydrogen) atoms. The van der Waals surface area contributed by atoms with Crippen molar-refractivity contribution in [1.82, 2.24) is 25.1 Å². The number of hydrogen-bond donors (Lipinski definition) is 2. The summed E-state index contributed by atoms with van der Waals surface area (Å²) in [7, 11) is 0. The van der Waals surface area contributed by atoms with E-state index < -0.39 is 47.0 Å². The maximum absolute atomic E-state index is 13.6. The fourth-order valence-corrected chi connectivity index (χ4v) is 3.33. The van der Waals surface area contributed by atoms with Crippen LogP contribution in [0.2, 0.25) is 0 Å². The van der Waals surface area contributed by atoms with Crippen LogP contribution in [-0.2, 0) is 35.0 Å². The lowest BCUT2D eigenvalue weighted by atomic mass is 10.1. The van der Waals surface area contributed by atoms with Crippen LogP contribution >= 0.6 is 0 Å². The summed E-state index contributed by atoms with van der Waals surface area (Å²) in [5.41, 5.74) is -4.25. The molecule has 0 unspecified atom stereocenters. The van der Waals surface area contributed by atoms with Crippen molar-refractivity contribution in [1.29, 1.82) is 0 Å². The SMILES string of the molecule is CCNC(=O)Cn1c(CN2CCNCC2=O)nc2c(C(F)(F)F)cc(C(F)(F)F)cc21. The molecule has 7 nitrogen and oxygen atoms in total. The average Bonchev–Trinajstić information content (AvgIpc) is 2.98. The molecule has 2 N–H and O–H groups in total. The van der Waals surface area contributed by atoms with Gasteiger partial charge in [0.1, 0.15) is 17.9 Å². The van der Waals surface area contributed by atoms with E-state index >= 15 is 0 Å². The first-order chi connectivity index (χ1) is 14.4. The van der Waals surface area contributed by atoms with Gasteiger partial charge in [0.05, 0.1) is 29.7 Å². The lowest BCUT2D eigenvalue weighted by molar-refractivity contribution is -0.142. The van der Waals surface area contributed by atoms with Crippen molar-refractivity contribution >= 4 is 22.8 Å². The van der Waals surface area contributed by atoms with Gasteiger partial charge in [-0.3, -0.25) is 9.59 Å². The van der Waals surface area contributed by atoms with Crippen molar-refractivity contribution in [2.75, 3.05) is 26.2 Å². The van der Waals surface area contributed by atoms with Gasteiger partial charge in [0.25, 0.3) is 0 Å². The Morgan fingerprint density at radius 3 is 2.48 bits per heavy atom. The minimum Gasteiger partial charge on any atom is -0.355 e. The number of piperazine rings is 1. The number of hydrogen-bond acceptors (Lipinski definition) is 4. The summed E-state index contributed by atoms with van der Waals surface area (Å²) in [6.07, 6.45) is -10.1. The van der Waals surface area contributed by atoms with Gasteiger partial charge < -0.3 is 20.1 Å². The molecule has 2 heterocycles. The standard InChI is InChI=1S/C18H19F6N5O2/c1-2-26-14(30)9-29-12-6-10(17(19,20)21)5-11(18(22,23)24)16(12)27-13(29)8-28-4-3-25-7-15(28)31/h5-6,25H,2-4,7-9H2,1H3,(H,26,30). The lowest BCUT2D eigenvalue weighted by Crippen LogP contribution is -2.47. The molecule has 1 aliphatic rings. The first kappa shape index (κ1) is 22.8. The summed E-state index contributed by atoms with van der Waals surface area (Å²) >= 11 is 0. The molecule has 1 aromatic heterocycles. The van der Waals surface area contributed by atoms with Gasteiger partial charge in [-0.15, -0.1) is 0 Å². The van der Waals surface area contributed by atoms with Crippen LogP contribution in [0, 0.1) is 0 Å². The van der Waals surface area contributed by atoms with E-state index in [4.69, 9.17) is 0 Å². The van der Waals surface area contributed by atoms with Crippen molar-refractivity contribution in [2.24, 2.45) is 0 Å². The summed E-state index contributed by atoms with van der Waals surface area (Å²) in [5.74, 6) is -1.06. The van der Waals surface area contributed by atoms with Crippen molar-refractivity contribution in [3.8, 4) is 0 Å². The quantitative estimate of drug-likeness (QED) is 0.683. The van der Waals surface area contributed by atoms with Gasteiger partial charge >= 0.3 is 12.4 Å². The van der Waals surface area contributed by atoms with Gasteiger partial charge in [-0.2, -0.15) is 26.3 Å². The molecule has 0 bridgehead atoms. The van der Waals surface area contributed by atoms with E-state index in [1.54, 1.807) is 6.92 Å². The predicted octanol–water partition coefficient (Wildman–Crippen LogP) is 2.14. The van der Waals surface area contributed by atoms with Gasteiger partial charge in [-0.1, -0.05) is 0 Å². The monoisotopic (exact) mass is 451 g/mol. The molecule has 0 spiro atoms. The molecule has 0 saturated carbocycles. The van der Waals surface area contributed by atoms with Crippen LogP contribution in [0.3, 0.4) is 0 Å². The third-order valence-electron chi connectivity index (χ3n) is 4.76. The van der Waals surface area contributed by atoms with Crippen LogP contribution < -0.4 is 10.6 Å². The predicted molar refractivity (Wildman–Crippen MR) is 96.7 cm³/mol. The number of carbonyl (C=O) groups excluding carboxylic acids is 2. The second kappa shape index (κ2) is 8.36. The van der Waals surface area contributed by atoms with E-state index in [0.717, 1.165) is 4.57 Å². The number of amides is 2.